The first-order chi connectivity index (χ1) is 16.5. The summed E-state index contributed by atoms with van der Waals surface area (Å²) in [7, 11) is 0. The fourth-order valence-electron chi connectivity index (χ4n) is 3.77. The Hall–Kier alpha value is -3.30. The van der Waals surface area contributed by atoms with Gasteiger partial charge in [-0.2, -0.15) is 0 Å². The number of nitrogens with two attached hydrogens (primary N) is 1. The monoisotopic (exact) mass is 504 g/mol. The van der Waals surface area contributed by atoms with Gasteiger partial charge in [0.25, 0.3) is 0 Å². The lowest BCUT2D eigenvalue weighted by Crippen LogP contribution is -2.55. The number of aromatic hydroxyl groups is 1. The van der Waals surface area contributed by atoms with Gasteiger partial charge in [0, 0.05) is 18.0 Å². The third-order valence-electron chi connectivity index (χ3n) is 5.42. The molecule has 5 N–H and O–H groups in total. The molecule has 0 spiro atoms. The lowest BCUT2D eigenvalue weighted by Gasteiger charge is -2.36. The standard InChI is InChI=1S/C26H40N4O6/c1-15-14-16(8-12-19(15)31)21(22(33)29-25(2,3)4)30(17-9-10-17)23(34)18(11-13-20(27)32)28-24(35)36-26(5,6)7/h8,12,14,17-18,21,31H,9-11,13H2,1-7H3,(H2,27,32)(H,28,35)(H,29,33). The number of carbonyl (C=O) groups is 4. The number of alkyl carbamates (subject to hydrolysis) is 1. The SMILES string of the molecule is Cc1cc(C(C(=O)NC(C)(C)C)N(C(=O)C(CCC(N)=O)NC(=O)OC(C)(C)C)C2CC2)ccc1O. The quantitative estimate of drug-likeness (QED) is 0.406. The third-order valence-corrected chi connectivity index (χ3v) is 5.42. The molecule has 1 aliphatic rings. The number of hydrogen-bond acceptors (Lipinski definition) is 6. The Kier molecular flexibility index (Phi) is 8.98. The molecule has 2 rings (SSSR count). The van der Waals surface area contributed by atoms with Gasteiger partial charge in [-0.3, -0.25) is 14.4 Å². The Labute approximate surface area is 212 Å². The van der Waals surface area contributed by atoms with Crippen molar-refractivity contribution in [3.63, 3.8) is 0 Å². The molecule has 0 heterocycles. The molecule has 2 atom stereocenters. The van der Waals surface area contributed by atoms with Crippen LogP contribution in [-0.4, -0.2) is 57.0 Å². The molecule has 1 aromatic carbocycles. The summed E-state index contributed by atoms with van der Waals surface area (Å²) < 4.78 is 5.32. The molecule has 36 heavy (non-hydrogen) atoms. The number of phenolic OH excluding ortho intramolecular Hbond substituents is 1. The van der Waals surface area contributed by atoms with E-state index in [2.05, 4.69) is 10.6 Å². The van der Waals surface area contributed by atoms with E-state index in [1.54, 1.807) is 39.8 Å². The van der Waals surface area contributed by atoms with Crippen LogP contribution in [0.3, 0.4) is 0 Å². The van der Waals surface area contributed by atoms with E-state index < -0.39 is 47.0 Å². The lowest BCUT2D eigenvalue weighted by molar-refractivity contribution is -0.144. The highest BCUT2D eigenvalue weighted by molar-refractivity contribution is 5.93. The smallest absolute Gasteiger partial charge is 0.408 e. The molecule has 10 nitrogen and oxygen atoms in total. The minimum Gasteiger partial charge on any atom is -0.508 e. The maximum absolute atomic E-state index is 13.9. The van der Waals surface area contributed by atoms with E-state index in [9.17, 15) is 24.3 Å². The van der Waals surface area contributed by atoms with Crippen molar-refractivity contribution in [2.75, 3.05) is 0 Å². The fourth-order valence-corrected chi connectivity index (χ4v) is 3.77. The third kappa shape index (κ3) is 8.73. The topological polar surface area (TPSA) is 151 Å². The number of ether oxygens (including phenoxy) is 1. The van der Waals surface area contributed by atoms with E-state index >= 15 is 0 Å². The Balaban J connectivity index is 2.50. The van der Waals surface area contributed by atoms with Gasteiger partial charge >= 0.3 is 6.09 Å². The average molecular weight is 505 g/mol. The van der Waals surface area contributed by atoms with E-state index in [4.69, 9.17) is 10.5 Å². The molecule has 0 bridgehead atoms. The van der Waals surface area contributed by atoms with Crippen molar-refractivity contribution in [2.45, 2.75) is 103 Å². The Bertz CT molecular complexity index is 991. The largest absolute Gasteiger partial charge is 0.508 e. The summed E-state index contributed by atoms with van der Waals surface area (Å²) in [4.78, 5) is 53.1. The predicted octanol–water partition coefficient (Wildman–Crippen LogP) is 2.81. The van der Waals surface area contributed by atoms with Gasteiger partial charge in [0.2, 0.25) is 17.7 Å². The summed E-state index contributed by atoms with van der Waals surface area (Å²) >= 11 is 0. The van der Waals surface area contributed by atoms with Crippen LogP contribution >= 0.6 is 0 Å². The Morgan fingerprint density at radius 3 is 2.22 bits per heavy atom. The zero-order valence-electron chi connectivity index (χ0n) is 22.3. The van der Waals surface area contributed by atoms with Gasteiger partial charge in [-0.15, -0.1) is 0 Å². The number of phenols is 1. The highest BCUT2D eigenvalue weighted by atomic mass is 16.6. The molecule has 10 heteroatoms. The van der Waals surface area contributed by atoms with Gasteiger partial charge in [-0.25, -0.2) is 4.79 Å². The van der Waals surface area contributed by atoms with Crippen LogP contribution in [0, 0.1) is 6.92 Å². The number of rotatable bonds is 9. The van der Waals surface area contributed by atoms with E-state index in [0.717, 1.165) is 0 Å². The molecule has 1 aliphatic carbocycles. The van der Waals surface area contributed by atoms with Crippen LogP contribution in [-0.2, 0) is 19.1 Å². The van der Waals surface area contributed by atoms with Gasteiger partial charge in [0.05, 0.1) is 0 Å². The van der Waals surface area contributed by atoms with Crippen molar-refractivity contribution < 1.29 is 29.0 Å². The number of aryl methyl sites for hydroxylation is 1. The van der Waals surface area contributed by atoms with Crippen LogP contribution in [0.1, 0.15) is 84.4 Å². The second-order valence-electron chi connectivity index (χ2n) is 11.4. The van der Waals surface area contributed by atoms with Crippen molar-refractivity contribution in [2.24, 2.45) is 5.73 Å². The highest BCUT2D eigenvalue weighted by Gasteiger charge is 2.44. The Morgan fingerprint density at radius 1 is 1.14 bits per heavy atom. The fraction of sp³-hybridized carbons (Fsp3) is 0.615. The van der Waals surface area contributed by atoms with Crippen LogP contribution in [0.2, 0.25) is 0 Å². The van der Waals surface area contributed by atoms with E-state index in [1.165, 1.54) is 11.0 Å². The summed E-state index contributed by atoms with van der Waals surface area (Å²) in [5, 5.41) is 15.6. The second-order valence-corrected chi connectivity index (χ2v) is 11.4. The molecule has 0 radical (unpaired) electrons. The summed E-state index contributed by atoms with van der Waals surface area (Å²) in [5.74, 6) is -1.44. The molecule has 0 saturated heterocycles. The van der Waals surface area contributed by atoms with Gasteiger partial charge in [0.15, 0.2) is 0 Å². The average Bonchev–Trinajstić information content (AvgIpc) is 3.53. The van der Waals surface area contributed by atoms with Crippen LogP contribution in [0.15, 0.2) is 18.2 Å². The first-order valence-corrected chi connectivity index (χ1v) is 12.2. The molecule has 200 valence electrons. The minimum absolute atomic E-state index is 0.0428. The lowest BCUT2D eigenvalue weighted by atomic mass is 9.98. The summed E-state index contributed by atoms with van der Waals surface area (Å²) in [6.07, 6.45) is 0.395. The summed E-state index contributed by atoms with van der Waals surface area (Å²) in [6, 6.07) is 2.40. The molecule has 0 aliphatic heterocycles. The maximum Gasteiger partial charge on any atom is 0.408 e. The van der Waals surface area contributed by atoms with E-state index in [0.29, 0.717) is 24.0 Å². The zero-order chi connectivity index (χ0) is 27.4. The van der Waals surface area contributed by atoms with Crippen LogP contribution in [0.5, 0.6) is 5.75 Å². The Morgan fingerprint density at radius 2 is 1.75 bits per heavy atom. The number of amides is 4. The summed E-state index contributed by atoms with van der Waals surface area (Å²) in [5.41, 5.74) is 5.04. The van der Waals surface area contributed by atoms with Crippen molar-refractivity contribution in [3.8, 4) is 5.75 Å². The highest BCUT2D eigenvalue weighted by Crippen LogP contribution is 2.37. The number of hydrogen-bond donors (Lipinski definition) is 4. The second kappa shape index (κ2) is 11.2. The molecule has 1 saturated carbocycles. The minimum atomic E-state index is -1.13. The number of primary amides is 1. The van der Waals surface area contributed by atoms with Crippen LogP contribution < -0.4 is 16.4 Å². The molecule has 2 unspecified atom stereocenters. The number of nitrogens with zero attached hydrogens (tertiary/aromatic N) is 1. The van der Waals surface area contributed by atoms with Gasteiger partial charge in [-0.05, 0) is 91.0 Å². The maximum atomic E-state index is 13.9. The van der Waals surface area contributed by atoms with Gasteiger partial charge in [-0.1, -0.05) is 6.07 Å². The predicted molar refractivity (Wildman–Crippen MR) is 135 cm³/mol. The normalized spacial score (nSPS) is 15.4. The van der Waals surface area contributed by atoms with E-state index in [1.807, 2.05) is 20.8 Å². The van der Waals surface area contributed by atoms with Gasteiger partial charge in [0.1, 0.15) is 23.4 Å². The molecule has 1 aromatic rings. The van der Waals surface area contributed by atoms with Gasteiger partial charge < -0.3 is 31.1 Å². The zero-order valence-corrected chi connectivity index (χ0v) is 22.3. The first kappa shape index (κ1) is 28.9. The number of nitrogens with one attached hydrogen (secondary N) is 2. The van der Waals surface area contributed by atoms with Crippen LogP contribution in [0.25, 0.3) is 0 Å². The first-order valence-electron chi connectivity index (χ1n) is 12.2. The molecular formula is C26H40N4O6. The van der Waals surface area contributed by atoms with Crippen molar-refractivity contribution in [3.05, 3.63) is 29.3 Å². The molecule has 4 amide bonds. The van der Waals surface area contributed by atoms with E-state index in [-0.39, 0.29) is 24.6 Å². The van der Waals surface area contributed by atoms with Crippen molar-refractivity contribution in [1.82, 2.24) is 15.5 Å². The number of benzene rings is 1. The van der Waals surface area contributed by atoms with Crippen molar-refractivity contribution in [1.29, 1.82) is 0 Å². The van der Waals surface area contributed by atoms with Crippen molar-refractivity contribution >= 4 is 23.8 Å². The molecule has 0 aromatic heterocycles. The summed E-state index contributed by atoms with van der Waals surface area (Å²) in [6.45, 7) is 12.3. The molecular weight excluding hydrogens is 464 g/mol. The number of carbonyl (C=O) groups excluding carboxylic acids is 4. The van der Waals surface area contributed by atoms with Crippen LogP contribution in [0.4, 0.5) is 4.79 Å². The molecule has 1 fully saturated rings.